The van der Waals surface area contributed by atoms with Crippen LogP contribution in [0.5, 0.6) is 5.75 Å². The van der Waals surface area contributed by atoms with Gasteiger partial charge in [-0.05, 0) is 53.9 Å². The standard InChI is InChI=1S/C16H22O/c1-16-8-4-2-3-5-12(11-16)9-13-6-7-14(17)10-15(13)16/h6-7,10,12,17H,2-5,8-9,11H2,1H3/t12-,16-/m0/s1. The Morgan fingerprint density at radius 3 is 3.00 bits per heavy atom. The van der Waals surface area contributed by atoms with Gasteiger partial charge in [0.1, 0.15) is 5.75 Å². The molecule has 0 spiro atoms. The van der Waals surface area contributed by atoms with E-state index in [1.807, 2.05) is 12.1 Å². The maximum Gasteiger partial charge on any atom is 0.115 e. The number of fused-ring (bicyclic) bond motifs is 4. The van der Waals surface area contributed by atoms with E-state index in [0.29, 0.717) is 11.2 Å². The van der Waals surface area contributed by atoms with Crippen molar-refractivity contribution >= 4 is 0 Å². The summed E-state index contributed by atoms with van der Waals surface area (Å²) in [7, 11) is 0. The lowest BCUT2D eigenvalue weighted by Crippen LogP contribution is -2.33. The Hall–Kier alpha value is -0.980. The molecule has 2 aliphatic rings. The summed E-state index contributed by atoms with van der Waals surface area (Å²) in [6.07, 6.45) is 9.39. The van der Waals surface area contributed by atoms with Gasteiger partial charge in [0.25, 0.3) is 0 Å². The number of phenolic OH excluding ortho intramolecular Hbond substituents is 1. The molecule has 3 rings (SSSR count). The smallest absolute Gasteiger partial charge is 0.115 e. The van der Waals surface area contributed by atoms with Crippen molar-refractivity contribution in [2.45, 2.75) is 57.3 Å². The van der Waals surface area contributed by atoms with Crippen LogP contribution >= 0.6 is 0 Å². The second-order valence-electron chi connectivity index (χ2n) is 6.28. The highest BCUT2D eigenvalue weighted by atomic mass is 16.3. The molecule has 1 aromatic rings. The zero-order valence-corrected chi connectivity index (χ0v) is 10.7. The van der Waals surface area contributed by atoms with Gasteiger partial charge in [-0.1, -0.05) is 38.7 Å². The van der Waals surface area contributed by atoms with E-state index in [1.54, 1.807) is 0 Å². The van der Waals surface area contributed by atoms with Crippen LogP contribution in [0.3, 0.4) is 0 Å². The third-order valence-electron chi connectivity index (χ3n) is 4.83. The number of rotatable bonds is 0. The highest BCUT2D eigenvalue weighted by Crippen LogP contribution is 2.46. The molecule has 0 heterocycles. The van der Waals surface area contributed by atoms with Crippen molar-refractivity contribution in [3.05, 3.63) is 29.3 Å². The Balaban J connectivity index is 2.06. The van der Waals surface area contributed by atoms with Crippen molar-refractivity contribution in [3.8, 4) is 5.75 Å². The highest BCUT2D eigenvalue weighted by Gasteiger charge is 2.37. The van der Waals surface area contributed by atoms with Crippen LogP contribution in [0.4, 0.5) is 0 Å². The number of phenols is 1. The molecular formula is C16H22O. The van der Waals surface area contributed by atoms with E-state index in [0.717, 1.165) is 5.92 Å². The molecule has 1 saturated carbocycles. The Bertz CT molecular complexity index is 424. The molecule has 0 radical (unpaired) electrons. The molecule has 1 aromatic carbocycles. The summed E-state index contributed by atoms with van der Waals surface area (Å²) >= 11 is 0. The molecule has 2 bridgehead atoms. The van der Waals surface area contributed by atoms with Crippen molar-refractivity contribution in [1.82, 2.24) is 0 Å². The van der Waals surface area contributed by atoms with Crippen LogP contribution < -0.4 is 0 Å². The predicted octanol–water partition coefficient (Wildman–Crippen LogP) is 4.18. The molecule has 0 saturated heterocycles. The number of hydrogen-bond acceptors (Lipinski definition) is 1. The SMILES string of the molecule is C[C@@]12CCCCC[C@@H](Cc3ccc(O)cc31)C2. The maximum absolute atomic E-state index is 9.73. The van der Waals surface area contributed by atoms with Crippen molar-refractivity contribution in [3.63, 3.8) is 0 Å². The third kappa shape index (κ3) is 1.96. The van der Waals surface area contributed by atoms with Gasteiger partial charge in [-0.3, -0.25) is 0 Å². The average molecular weight is 230 g/mol. The van der Waals surface area contributed by atoms with Gasteiger partial charge >= 0.3 is 0 Å². The first-order valence-corrected chi connectivity index (χ1v) is 7.00. The number of benzene rings is 1. The molecule has 2 atom stereocenters. The minimum Gasteiger partial charge on any atom is -0.508 e. The summed E-state index contributed by atoms with van der Waals surface area (Å²) in [5, 5.41) is 9.73. The summed E-state index contributed by atoms with van der Waals surface area (Å²) in [6.45, 7) is 2.41. The Labute approximate surface area is 104 Å². The second-order valence-corrected chi connectivity index (χ2v) is 6.28. The fourth-order valence-electron chi connectivity index (χ4n) is 4.00. The first-order chi connectivity index (χ1) is 8.17. The molecule has 0 unspecified atom stereocenters. The van der Waals surface area contributed by atoms with Gasteiger partial charge in [0.15, 0.2) is 0 Å². The lowest BCUT2D eigenvalue weighted by atomic mass is 9.63. The molecule has 2 aliphatic carbocycles. The van der Waals surface area contributed by atoms with Gasteiger partial charge in [-0.2, -0.15) is 0 Å². The molecule has 0 amide bonds. The van der Waals surface area contributed by atoms with Gasteiger partial charge in [-0.25, -0.2) is 0 Å². The van der Waals surface area contributed by atoms with E-state index < -0.39 is 0 Å². The number of aromatic hydroxyl groups is 1. The van der Waals surface area contributed by atoms with E-state index in [2.05, 4.69) is 13.0 Å². The zero-order chi connectivity index (χ0) is 11.9. The molecule has 17 heavy (non-hydrogen) atoms. The number of hydrogen-bond donors (Lipinski definition) is 1. The lowest BCUT2D eigenvalue weighted by Gasteiger charge is -2.42. The van der Waals surface area contributed by atoms with E-state index in [1.165, 1.54) is 56.1 Å². The Morgan fingerprint density at radius 1 is 1.24 bits per heavy atom. The molecular weight excluding hydrogens is 208 g/mol. The summed E-state index contributed by atoms with van der Waals surface area (Å²) in [4.78, 5) is 0. The molecule has 1 fully saturated rings. The first-order valence-electron chi connectivity index (χ1n) is 7.00. The van der Waals surface area contributed by atoms with E-state index in [4.69, 9.17) is 0 Å². The second kappa shape index (κ2) is 4.04. The van der Waals surface area contributed by atoms with E-state index >= 15 is 0 Å². The van der Waals surface area contributed by atoms with E-state index in [9.17, 15) is 5.11 Å². The van der Waals surface area contributed by atoms with Gasteiger partial charge in [-0.15, -0.1) is 0 Å². The molecule has 0 aliphatic heterocycles. The normalized spacial score (nSPS) is 32.4. The lowest BCUT2D eigenvalue weighted by molar-refractivity contribution is 0.245. The van der Waals surface area contributed by atoms with Crippen LogP contribution in [-0.2, 0) is 11.8 Å². The largest absolute Gasteiger partial charge is 0.508 e. The van der Waals surface area contributed by atoms with Crippen LogP contribution in [0, 0.1) is 5.92 Å². The Morgan fingerprint density at radius 2 is 2.12 bits per heavy atom. The van der Waals surface area contributed by atoms with E-state index in [-0.39, 0.29) is 0 Å². The third-order valence-corrected chi connectivity index (χ3v) is 4.83. The van der Waals surface area contributed by atoms with Crippen molar-refractivity contribution in [2.75, 3.05) is 0 Å². The van der Waals surface area contributed by atoms with Crippen molar-refractivity contribution in [2.24, 2.45) is 5.92 Å². The minimum atomic E-state index is 0.317. The summed E-state index contributed by atoms with van der Waals surface area (Å²) in [5.74, 6) is 1.31. The van der Waals surface area contributed by atoms with Gasteiger partial charge in [0, 0.05) is 0 Å². The molecule has 1 N–H and O–H groups in total. The van der Waals surface area contributed by atoms with Gasteiger partial charge in [0.2, 0.25) is 0 Å². The zero-order valence-electron chi connectivity index (χ0n) is 10.7. The summed E-state index contributed by atoms with van der Waals surface area (Å²) in [6, 6.07) is 6.03. The minimum absolute atomic E-state index is 0.317. The molecule has 92 valence electrons. The van der Waals surface area contributed by atoms with Crippen LogP contribution in [0.1, 0.15) is 56.6 Å². The van der Waals surface area contributed by atoms with Crippen molar-refractivity contribution in [1.29, 1.82) is 0 Å². The quantitative estimate of drug-likeness (QED) is 0.709. The van der Waals surface area contributed by atoms with Crippen LogP contribution in [-0.4, -0.2) is 5.11 Å². The molecule has 0 aromatic heterocycles. The van der Waals surface area contributed by atoms with Crippen molar-refractivity contribution < 1.29 is 5.11 Å². The predicted molar refractivity (Wildman–Crippen MR) is 70.4 cm³/mol. The highest BCUT2D eigenvalue weighted by molar-refractivity contribution is 5.42. The fraction of sp³-hybridized carbons (Fsp3) is 0.625. The summed E-state index contributed by atoms with van der Waals surface area (Å²) in [5.41, 5.74) is 3.23. The molecule has 1 nitrogen and oxygen atoms in total. The Kier molecular flexibility index (Phi) is 2.65. The maximum atomic E-state index is 9.73. The topological polar surface area (TPSA) is 20.2 Å². The van der Waals surface area contributed by atoms with Crippen LogP contribution in [0.2, 0.25) is 0 Å². The summed E-state index contributed by atoms with van der Waals surface area (Å²) < 4.78 is 0. The van der Waals surface area contributed by atoms with Gasteiger partial charge in [0.05, 0.1) is 0 Å². The fourth-order valence-corrected chi connectivity index (χ4v) is 4.00. The van der Waals surface area contributed by atoms with Crippen LogP contribution in [0.15, 0.2) is 18.2 Å². The van der Waals surface area contributed by atoms with Gasteiger partial charge < -0.3 is 5.11 Å². The first kappa shape index (κ1) is 11.1. The molecule has 1 heteroatoms. The monoisotopic (exact) mass is 230 g/mol. The average Bonchev–Trinajstić information content (AvgIpc) is 2.28. The van der Waals surface area contributed by atoms with Crippen LogP contribution in [0.25, 0.3) is 0 Å².